The van der Waals surface area contributed by atoms with Crippen LogP contribution in [0.2, 0.25) is 19.6 Å². The van der Waals surface area contributed by atoms with E-state index in [0.717, 1.165) is 9.80 Å². The van der Waals surface area contributed by atoms with Crippen molar-refractivity contribution < 1.29 is 8.42 Å². The summed E-state index contributed by atoms with van der Waals surface area (Å²) in [5.74, 6) is 0.504. The van der Waals surface area contributed by atoms with E-state index in [1.165, 1.54) is 5.20 Å². The third-order valence-electron chi connectivity index (χ3n) is 2.94. The van der Waals surface area contributed by atoms with E-state index in [4.69, 9.17) is 0 Å². The van der Waals surface area contributed by atoms with Gasteiger partial charge in [0, 0.05) is 9.80 Å². The minimum atomic E-state index is -2.91. The molecular formula is C13H18O2S2Si. The van der Waals surface area contributed by atoms with Crippen LogP contribution >= 0.6 is 11.8 Å². The Hall–Kier alpha value is -0.523. The molecule has 0 spiro atoms. The van der Waals surface area contributed by atoms with Crippen LogP contribution in [0.1, 0.15) is 0 Å². The van der Waals surface area contributed by atoms with E-state index in [2.05, 4.69) is 19.6 Å². The molecule has 2 rings (SSSR count). The molecule has 0 bridgehead atoms. The molecule has 1 aliphatic heterocycles. The zero-order chi connectivity index (χ0) is 13.4. The molecule has 98 valence electrons. The van der Waals surface area contributed by atoms with Crippen LogP contribution in [0.25, 0.3) is 0 Å². The van der Waals surface area contributed by atoms with Gasteiger partial charge in [0.05, 0.1) is 19.6 Å². The van der Waals surface area contributed by atoms with Crippen molar-refractivity contribution in [3.8, 4) is 0 Å². The summed E-state index contributed by atoms with van der Waals surface area (Å²) in [7, 11) is -4.46. The maximum atomic E-state index is 11.9. The predicted molar refractivity (Wildman–Crippen MR) is 81.3 cm³/mol. The maximum Gasteiger partial charge on any atom is 0.158 e. The molecule has 5 heteroatoms. The Morgan fingerprint density at radius 1 is 1.06 bits per heavy atom. The summed E-state index contributed by atoms with van der Waals surface area (Å²) in [5, 5.41) is 1.20. The van der Waals surface area contributed by atoms with Gasteiger partial charge in [0.15, 0.2) is 9.84 Å². The molecule has 0 fully saturated rings. The molecule has 0 unspecified atom stereocenters. The number of hydrogen-bond donors (Lipinski definition) is 0. The van der Waals surface area contributed by atoms with Crippen molar-refractivity contribution in [1.29, 1.82) is 0 Å². The van der Waals surface area contributed by atoms with Crippen LogP contribution in [0, 0.1) is 0 Å². The normalized spacial score (nSPS) is 19.3. The van der Waals surface area contributed by atoms with Gasteiger partial charge in [0.1, 0.15) is 0 Å². The fraction of sp³-hybridized carbons (Fsp3) is 0.385. The fourth-order valence-corrected chi connectivity index (χ4v) is 9.44. The summed E-state index contributed by atoms with van der Waals surface area (Å²) < 4.78 is 23.7. The molecular weight excluding hydrogens is 280 g/mol. The molecule has 0 saturated carbocycles. The summed E-state index contributed by atoms with van der Waals surface area (Å²) in [6.07, 6.45) is 0. The Kier molecular flexibility index (Phi) is 3.76. The highest BCUT2D eigenvalue weighted by Gasteiger charge is 2.35. The van der Waals surface area contributed by atoms with Crippen LogP contribution in [0.15, 0.2) is 45.3 Å². The molecule has 18 heavy (non-hydrogen) atoms. The van der Waals surface area contributed by atoms with Crippen molar-refractivity contribution in [3.05, 3.63) is 40.4 Å². The zero-order valence-electron chi connectivity index (χ0n) is 10.9. The first kappa shape index (κ1) is 13.9. The lowest BCUT2D eigenvalue weighted by atomic mass is 10.4. The monoisotopic (exact) mass is 298 g/mol. The second-order valence-corrected chi connectivity index (χ2v) is 13.9. The lowest BCUT2D eigenvalue weighted by Gasteiger charge is -2.19. The highest BCUT2D eigenvalue weighted by molar-refractivity contribution is 8.05. The van der Waals surface area contributed by atoms with Gasteiger partial charge in [-0.05, 0) is 12.1 Å². The quantitative estimate of drug-likeness (QED) is 0.803. The molecule has 0 atom stereocenters. The smallest absolute Gasteiger partial charge is 0.158 e. The molecule has 1 aromatic rings. The van der Waals surface area contributed by atoms with E-state index < -0.39 is 17.9 Å². The van der Waals surface area contributed by atoms with Gasteiger partial charge >= 0.3 is 0 Å². The van der Waals surface area contributed by atoms with Crippen LogP contribution < -0.4 is 0 Å². The molecule has 1 aliphatic rings. The first-order chi connectivity index (χ1) is 8.28. The number of sulfone groups is 1. The Morgan fingerprint density at radius 2 is 1.67 bits per heavy atom. The molecule has 0 aliphatic carbocycles. The van der Waals surface area contributed by atoms with E-state index in [-0.39, 0.29) is 11.5 Å². The Balaban J connectivity index is 2.34. The van der Waals surface area contributed by atoms with Gasteiger partial charge in [-0.3, -0.25) is 0 Å². The van der Waals surface area contributed by atoms with E-state index in [1.807, 2.05) is 30.3 Å². The third kappa shape index (κ3) is 3.27. The second kappa shape index (κ2) is 4.87. The summed E-state index contributed by atoms with van der Waals surface area (Å²) in [6.45, 7) is 6.65. The van der Waals surface area contributed by atoms with Crippen molar-refractivity contribution in [2.24, 2.45) is 0 Å². The molecule has 0 N–H and O–H groups in total. The molecule has 0 amide bonds. The van der Waals surface area contributed by atoms with Crippen LogP contribution in [0.3, 0.4) is 0 Å². The summed E-state index contributed by atoms with van der Waals surface area (Å²) in [5.41, 5.74) is 0. The number of benzene rings is 1. The minimum absolute atomic E-state index is 0.228. The fourth-order valence-electron chi connectivity index (χ4n) is 1.99. The Labute approximate surface area is 114 Å². The summed E-state index contributed by atoms with van der Waals surface area (Å²) >= 11 is 1.62. The summed E-state index contributed by atoms with van der Waals surface area (Å²) in [6, 6.07) is 10.0. The second-order valence-electron chi connectivity index (χ2n) is 5.60. The topological polar surface area (TPSA) is 34.1 Å². The van der Waals surface area contributed by atoms with Gasteiger partial charge in [-0.2, -0.15) is 0 Å². The van der Waals surface area contributed by atoms with Crippen molar-refractivity contribution in [3.63, 3.8) is 0 Å². The van der Waals surface area contributed by atoms with Crippen molar-refractivity contribution in [1.82, 2.24) is 0 Å². The van der Waals surface area contributed by atoms with Gasteiger partial charge in [0.25, 0.3) is 0 Å². The van der Waals surface area contributed by atoms with Crippen molar-refractivity contribution in [2.45, 2.75) is 24.5 Å². The van der Waals surface area contributed by atoms with E-state index >= 15 is 0 Å². The standard InChI is InChI=1S/C13H18O2S2Si/c1-18(2,3)13-10-17(14,15)9-12(13)16-11-7-5-4-6-8-11/h4-8H,9-10H2,1-3H3. The maximum absolute atomic E-state index is 11.9. The van der Waals surface area contributed by atoms with Crippen LogP contribution in [0.5, 0.6) is 0 Å². The average Bonchev–Trinajstić information content (AvgIpc) is 2.55. The number of thioether (sulfide) groups is 1. The lowest BCUT2D eigenvalue weighted by Crippen LogP contribution is -2.26. The van der Waals surface area contributed by atoms with Gasteiger partial charge in [0.2, 0.25) is 0 Å². The Morgan fingerprint density at radius 3 is 2.22 bits per heavy atom. The highest BCUT2D eigenvalue weighted by Crippen LogP contribution is 2.38. The van der Waals surface area contributed by atoms with Gasteiger partial charge in [-0.15, -0.1) is 0 Å². The van der Waals surface area contributed by atoms with Gasteiger partial charge < -0.3 is 0 Å². The first-order valence-electron chi connectivity index (χ1n) is 5.94. The Bertz CT molecular complexity index is 569. The molecule has 0 radical (unpaired) electrons. The summed E-state index contributed by atoms with van der Waals surface area (Å²) in [4.78, 5) is 2.20. The van der Waals surface area contributed by atoms with E-state index in [9.17, 15) is 8.42 Å². The van der Waals surface area contributed by atoms with Crippen LogP contribution in [0.4, 0.5) is 0 Å². The molecule has 1 heterocycles. The minimum Gasteiger partial charge on any atom is -0.228 e. The van der Waals surface area contributed by atoms with Crippen molar-refractivity contribution >= 4 is 29.7 Å². The number of rotatable bonds is 3. The van der Waals surface area contributed by atoms with Crippen LogP contribution in [-0.4, -0.2) is 28.0 Å². The molecule has 0 aromatic heterocycles. The first-order valence-corrected chi connectivity index (χ1v) is 12.1. The highest BCUT2D eigenvalue weighted by atomic mass is 32.2. The zero-order valence-corrected chi connectivity index (χ0v) is 13.6. The number of hydrogen-bond acceptors (Lipinski definition) is 3. The van der Waals surface area contributed by atoms with Crippen LogP contribution in [-0.2, 0) is 9.84 Å². The third-order valence-corrected chi connectivity index (χ3v) is 8.45. The molecule has 1 aromatic carbocycles. The van der Waals surface area contributed by atoms with Gasteiger partial charge in [-0.25, -0.2) is 8.42 Å². The van der Waals surface area contributed by atoms with E-state index in [1.54, 1.807) is 11.8 Å². The predicted octanol–water partition coefficient (Wildman–Crippen LogP) is 3.34. The largest absolute Gasteiger partial charge is 0.228 e. The van der Waals surface area contributed by atoms with E-state index in [0.29, 0.717) is 0 Å². The average molecular weight is 299 g/mol. The van der Waals surface area contributed by atoms with Gasteiger partial charge in [-0.1, -0.05) is 54.8 Å². The molecule has 0 saturated heterocycles. The molecule has 2 nitrogen and oxygen atoms in total. The lowest BCUT2D eigenvalue weighted by molar-refractivity contribution is 0.603. The SMILES string of the molecule is C[Si](C)(C)C1=C(Sc2ccccc2)CS(=O)(=O)C1. The van der Waals surface area contributed by atoms with Crippen molar-refractivity contribution in [2.75, 3.05) is 11.5 Å².